The van der Waals surface area contributed by atoms with Crippen molar-refractivity contribution >= 4 is 28.3 Å². The first kappa shape index (κ1) is 20.6. The molecule has 2 bridgehead atoms. The fourth-order valence-electron chi connectivity index (χ4n) is 4.43. The fourth-order valence-corrected chi connectivity index (χ4v) is 6.02. The molecule has 9 heteroatoms. The Hall–Kier alpha value is -1.09. The Kier molecular flexibility index (Phi) is 6.20. The summed E-state index contributed by atoms with van der Waals surface area (Å²) in [4.78, 5) is 15.1. The van der Waals surface area contributed by atoms with Crippen molar-refractivity contribution in [3.63, 3.8) is 0 Å². The second-order valence-electron chi connectivity index (χ2n) is 7.81. The summed E-state index contributed by atoms with van der Waals surface area (Å²) in [6.45, 7) is 2.57. The highest BCUT2D eigenvalue weighted by atomic mass is 35.5. The zero-order chi connectivity index (χ0) is 18.3. The van der Waals surface area contributed by atoms with E-state index in [0.29, 0.717) is 37.4 Å². The van der Waals surface area contributed by atoms with Crippen molar-refractivity contribution in [3.05, 3.63) is 18.0 Å². The normalized spacial score (nSPS) is 26.5. The molecule has 3 fully saturated rings. The molecule has 0 spiro atoms. The summed E-state index contributed by atoms with van der Waals surface area (Å²) in [6, 6.07) is 2.44. The molecule has 4 rings (SSSR count). The number of likely N-dealkylation sites (tertiary alicyclic amines) is 1. The Labute approximate surface area is 167 Å². The summed E-state index contributed by atoms with van der Waals surface area (Å²) in [6.07, 6.45) is 7.73. The largest absolute Gasteiger partial charge is 0.345 e. The number of aryl methyl sites for hydroxylation is 1. The third-order valence-corrected chi connectivity index (χ3v) is 7.83. The monoisotopic (exact) mass is 416 g/mol. The van der Waals surface area contributed by atoms with Crippen LogP contribution in [0.3, 0.4) is 0 Å². The SMILES string of the molecule is Cl.Cn1cc(S(=O)(=O)N2CCCCC2)cc1C(=O)N1CCC2CCC(C1)N2. The van der Waals surface area contributed by atoms with E-state index in [2.05, 4.69) is 5.32 Å². The minimum absolute atomic E-state index is 0. The van der Waals surface area contributed by atoms with E-state index in [1.807, 2.05) is 4.90 Å². The number of halogens is 1. The van der Waals surface area contributed by atoms with Crippen LogP contribution in [0.25, 0.3) is 0 Å². The molecule has 0 radical (unpaired) electrons. The van der Waals surface area contributed by atoms with Gasteiger partial charge in [0.25, 0.3) is 5.91 Å². The van der Waals surface area contributed by atoms with Gasteiger partial charge in [-0.15, -0.1) is 12.4 Å². The second-order valence-corrected chi connectivity index (χ2v) is 9.75. The van der Waals surface area contributed by atoms with Crippen LogP contribution in [-0.2, 0) is 17.1 Å². The molecule has 2 unspecified atom stereocenters. The molecule has 0 aliphatic carbocycles. The molecule has 0 saturated carbocycles. The van der Waals surface area contributed by atoms with Crippen LogP contribution < -0.4 is 5.32 Å². The zero-order valence-electron chi connectivity index (χ0n) is 15.8. The quantitative estimate of drug-likeness (QED) is 0.811. The molecule has 3 aliphatic heterocycles. The van der Waals surface area contributed by atoms with E-state index in [9.17, 15) is 13.2 Å². The van der Waals surface area contributed by atoms with Crippen molar-refractivity contribution in [2.24, 2.45) is 7.05 Å². The number of nitrogens with one attached hydrogen (secondary N) is 1. The van der Waals surface area contributed by atoms with Gasteiger partial charge in [-0.25, -0.2) is 8.42 Å². The standard InChI is InChI=1S/C18H28N4O3S.ClH/c1-20-13-16(26(24,25)22-8-3-2-4-9-22)11-17(20)18(23)21-10-7-14-5-6-15(12-21)19-14;/h11,13-15,19H,2-10,12H2,1H3;1H. The lowest BCUT2D eigenvalue weighted by atomic mass is 10.1. The summed E-state index contributed by atoms with van der Waals surface area (Å²) in [5.41, 5.74) is 0.457. The number of hydrogen-bond donors (Lipinski definition) is 1. The Balaban J connectivity index is 0.00000210. The average Bonchev–Trinajstić information content (AvgIpc) is 3.18. The Morgan fingerprint density at radius 1 is 1.07 bits per heavy atom. The molecule has 2 atom stereocenters. The van der Waals surface area contributed by atoms with E-state index in [1.54, 1.807) is 28.2 Å². The van der Waals surface area contributed by atoms with Gasteiger partial charge in [-0.05, 0) is 38.2 Å². The number of amides is 1. The van der Waals surface area contributed by atoms with Crippen LogP contribution in [0.15, 0.2) is 17.2 Å². The highest BCUT2D eigenvalue weighted by molar-refractivity contribution is 7.89. The molecular weight excluding hydrogens is 388 g/mol. The lowest BCUT2D eigenvalue weighted by Crippen LogP contribution is -2.39. The van der Waals surface area contributed by atoms with Gasteiger partial charge in [0, 0.05) is 51.5 Å². The molecule has 7 nitrogen and oxygen atoms in total. The lowest BCUT2D eigenvalue weighted by Gasteiger charge is -2.25. The molecule has 152 valence electrons. The van der Waals surface area contributed by atoms with Crippen LogP contribution in [0.4, 0.5) is 0 Å². The molecule has 3 aliphatic rings. The number of carbonyl (C=O) groups excluding carboxylic acids is 1. The highest BCUT2D eigenvalue weighted by Crippen LogP contribution is 2.25. The number of nitrogens with zero attached hydrogens (tertiary/aromatic N) is 3. The van der Waals surface area contributed by atoms with E-state index in [1.165, 1.54) is 6.42 Å². The van der Waals surface area contributed by atoms with Gasteiger partial charge in [0.2, 0.25) is 10.0 Å². The first-order valence-corrected chi connectivity index (χ1v) is 11.1. The number of carbonyl (C=O) groups is 1. The Morgan fingerprint density at radius 2 is 1.78 bits per heavy atom. The summed E-state index contributed by atoms with van der Waals surface area (Å²) in [5, 5.41) is 3.57. The highest BCUT2D eigenvalue weighted by Gasteiger charge is 2.33. The molecular formula is C18H29ClN4O3S. The summed E-state index contributed by atoms with van der Waals surface area (Å²) in [5.74, 6) is -0.0676. The molecule has 1 amide bonds. The zero-order valence-corrected chi connectivity index (χ0v) is 17.4. The molecule has 27 heavy (non-hydrogen) atoms. The first-order chi connectivity index (χ1) is 12.4. The van der Waals surface area contributed by atoms with Gasteiger partial charge in [0.15, 0.2) is 0 Å². The van der Waals surface area contributed by atoms with Crippen molar-refractivity contribution < 1.29 is 13.2 Å². The van der Waals surface area contributed by atoms with Gasteiger partial charge in [-0.3, -0.25) is 4.79 Å². The predicted octanol–water partition coefficient (Wildman–Crippen LogP) is 1.59. The number of hydrogen-bond acceptors (Lipinski definition) is 4. The minimum Gasteiger partial charge on any atom is -0.345 e. The van der Waals surface area contributed by atoms with Gasteiger partial charge in [-0.2, -0.15) is 4.31 Å². The average molecular weight is 417 g/mol. The molecule has 1 aromatic heterocycles. The third-order valence-electron chi connectivity index (χ3n) is 5.96. The molecule has 3 saturated heterocycles. The van der Waals surface area contributed by atoms with Crippen molar-refractivity contribution in [2.45, 2.75) is 55.5 Å². The molecule has 4 heterocycles. The van der Waals surface area contributed by atoms with Crippen molar-refractivity contribution in [2.75, 3.05) is 26.2 Å². The topological polar surface area (TPSA) is 74.7 Å². The molecule has 1 aromatic rings. The van der Waals surface area contributed by atoms with Crippen LogP contribution >= 0.6 is 12.4 Å². The summed E-state index contributed by atoms with van der Waals surface area (Å²) < 4.78 is 29.0. The van der Waals surface area contributed by atoms with Crippen LogP contribution in [-0.4, -0.2) is 66.4 Å². The van der Waals surface area contributed by atoms with Gasteiger partial charge < -0.3 is 14.8 Å². The van der Waals surface area contributed by atoms with E-state index in [-0.39, 0.29) is 23.2 Å². The Morgan fingerprint density at radius 3 is 2.52 bits per heavy atom. The van der Waals surface area contributed by atoms with Gasteiger partial charge in [0.05, 0.1) is 0 Å². The van der Waals surface area contributed by atoms with E-state index < -0.39 is 10.0 Å². The Bertz CT molecular complexity index is 789. The van der Waals surface area contributed by atoms with Crippen molar-refractivity contribution in [3.8, 4) is 0 Å². The number of sulfonamides is 1. The smallest absolute Gasteiger partial charge is 0.270 e. The van der Waals surface area contributed by atoms with Gasteiger partial charge in [-0.1, -0.05) is 6.42 Å². The number of fused-ring (bicyclic) bond motifs is 2. The maximum Gasteiger partial charge on any atom is 0.270 e. The van der Waals surface area contributed by atoms with E-state index in [0.717, 1.165) is 38.6 Å². The van der Waals surface area contributed by atoms with Crippen molar-refractivity contribution in [1.29, 1.82) is 0 Å². The predicted molar refractivity (Wildman–Crippen MR) is 106 cm³/mol. The number of rotatable bonds is 3. The maximum atomic E-state index is 13.0. The van der Waals surface area contributed by atoms with E-state index in [4.69, 9.17) is 0 Å². The molecule has 0 aromatic carbocycles. The van der Waals surface area contributed by atoms with Crippen LogP contribution in [0, 0.1) is 0 Å². The maximum absolute atomic E-state index is 13.0. The lowest BCUT2D eigenvalue weighted by molar-refractivity contribution is 0.0738. The minimum atomic E-state index is -3.51. The van der Waals surface area contributed by atoms with Crippen LogP contribution in [0.5, 0.6) is 0 Å². The van der Waals surface area contributed by atoms with Gasteiger partial charge >= 0.3 is 0 Å². The number of piperidine rings is 1. The first-order valence-electron chi connectivity index (χ1n) is 9.67. The second kappa shape index (κ2) is 8.11. The molecule has 1 N–H and O–H groups in total. The van der Waals surface area contributed by atoms with Crippen LogP contribution in [0.2, 0.25) is 0 Å². The summed E-state index contributed by atoms with van der Waals surface area (Å²) >= 11 is 0. The van der Waals surface area contributed by atoms with E-state index >= 15 is 0 Å². The summed E-state index contributed by atoms with van der Waals surface area (Å²) in [7, 11) is -1.76. The number of aromatic nitrogens is 1. The van der Waals surface area contributed by atoms with Crippen LogP contribution in [0.1, 0.15) is 49.0 Å². The third kappa shape index (κ3) is 4.04. The fraction of sp³-hybridized carbons (Fsp3) is 0.722. The van der Waals surface area contributed by atoms with Gasteiger partial charge in [0.1, 0.15) is 10.6 Å². The van der Waals surface area contributed by atoms with Crippen molar-refractivity contribution in [1.82, 2.24) is 19.1 Å².